The van der Waals surface area contributed by atoms with Gasteiger partial charge in [-0.3, -0.25) is 19.7 Å². The van der Waals surface area contributed by atoms with Crippen LogP contribution in [0.4, 0.5) is 4.79 Å². The van der Waals surface area contributed by atoms with E-state index in [-0.39, 0.29) is 24.7 Å². The molecule has 0 aromatic carbocycles. The first kappa shape index (κ1) is 18.4. The lowest BCUT2D eigenvalue weighted by atomic mass is 10.2. The number of imide groups is 1. The molecule has 1 atom stereocenters. The topological polar surface area (TPSA) is 102 Å². The quantitative estimate of drug-likeness (QED) is 0.564. The minimum atomic E-state index is -1.12. The van der Waals surface area contributed by atoms with Crippen molar-refractivity contribution in [3.63, 3.8) is 0 Å². The maximum absolute atomic E-state index is 11.8. The van der Waals surface area contributed by atoms with E-state index in [2.05, 4.69) is 10.6 Å². The maximum Gasteiger partial charge on any atom is 0.321 e. The van der Waals surface area contributed by atoms with E-state index in [9.17, 15) is 19.2 Å². The summed E-state index contributed by atoms with van der Waals surface area (Å²) < 4.78 is 5.42. The Labute approximate surface area is 147 Å². The van der Waals surface area contributed by atoms with Crippen molar-refractivity contribution in [2.24, 2.45) is 0 Å². The Bertz CT molecular complexity index is 656. The number of ether oxygens (including phenoxy) is 1. The van der Waals surface area contributed by atoms with E-state index in [0.717, 1.165) is 24.2 Å². The molecule has 24 heavy (non-hydrogen) atoms. The van der Waals surface area contributed by atoms with E-state index in [1.165, 1.54) is 6.92 Å². The van der Waals surface area contributed by atoms with Crippen molar-refractivity contribution in [2.75, 3.05) is 0 Å². The van der Waals surface area contributed by atoms with Gasteiger partial charge < -0.3 is 10.1 Å². The van der Waals surface area contributed by atoms with Gasteiger partial charge in [-0.1, -0.05) is 11.6 Å². The van der Waals surface area contributed by atoms with Crippen LogP contribution in [0.15, 0.2) is 12.1 Å². The number of amides is 3. The second-order valence-corrected chi connectivity index (χ2v) is 7.11. The standard InChI is InChI=1S/C15H17ClN2O5S/c1-8(14(21)18-15(22)17-9-2-3-9)23-13(20)7-4-10(19)11-5-6-12(16)24-11/h5-6,8-9H,2-4,7H2,1H3,(H2,17,18,21,22). The van der Waals surface area contributed by atoms with Crippen molar-refractivity contribution < 1.29 is 23.9 Å². The first-order valence-electron chi connectivity index (χ1n) is 7.44. The Morgan fingerprint density at radius 2 is 2.00 bits per heavy atom. The number of rotatable bonds is 7. The van der Waals surface area contributed by atoms with Crippen LogP contribution in [0.2, 0.25) is 4.34 Å². The molecule has 2 rings (SSSR count). The third-order valence-electron chi connectivity index (χ3n) is 3.23. The number of hydrogen-bond acceptors (Lipinski definition) is 6. The molecule has 1 aliphatic rings. The summed E-state index contributed by atoms with van der Waals surface area (Å²) in [4.78, 5) is 47.2. The third-order valence-corrected chi connectivity index (χ3v) is 4.50. The molecular formula is C15H17ClN2O5S. The number of urea groups is 1. The Balaban J connectivity index is 1.69. The number of nitrogens with one attached hydrogen (secondary N) is 2. The number of Topliss-reactive ketones (excluding diaryl/α,β-unsaturated/α-hetero) is 1. The lowest BCUT2D eigenvalue weighted by Crippen LogP contribution is -2.45. The fraction of sp³-hybridized carbons (Fsp3) is 0.467. The summed E-state index contributed by atoms with van der Waals surface area (Å²) in [5, 5.41) is 4.69. The van der Waals surface area contributed by atoms with E-state index in [4.69, 9.17) is 16.3 Å². The van der Waals surface area contributed by atoms with Crippen molar-refractivity contribution in [1.29, 1.82) is 0 Å². The predicted octanol–water partition coefficient (Wildman–Crippen LogP) is 2.28. The van der Waals surface area contributed by atoms with Crippen LogP contribution in [0.5, 0.6) is 0 Å². The monoisotopic (exact) mass is 372 g/mol. The van der Waals surface area contributed by atoms with Crippen molar-refractivity contribution in [3.8, 4) is 0 Å². The van der Waals surface area contributed by atoms with Gasteiger partial charge in [0.2, 0.25) is 0 Å². The van der Waals surface area contributed by atoms with Crippen LogP contribution in [0.25, 0.3) is 0 Å². The van der Waals surface area contributed by atoms with Gasteiger partial charge in [0.15, 0.2) is 11.9 Å². The normalized spacial score (nSPS) is 14.6. The van der Waals surface area contributed by atoms with E-state index < -0.39 is 24.0 Å². The van der Waals surface area contributed by atoms with Crippen molar-refractivity contribution >= 4 is 46.6 Å². The number of carbonyl (C=O) groups excluding carboxylic acids is 4. The average molecular weight is 373 g/mol. The van der Waals surface area contributed by atoms with E-state index >= 15 is 0 Å². The summed E-state index contributed by atoms with van der Waals surface area (Å²) in [6, 6.07) is 2.72. The van der Waals surface area contributed by atoms with Crippen molar-refractivity contribution in [3.05, 3.63) is 21.3 Å². The van der Waals surface area contributed by atoms with Gasteiger partial charge in [0.05, 0.1) is 15.6 Å². The predicted molar refractivity (Wildman–Crippen MR) is 88.1 cm³/mol. The number of hydrogen-bond donors (Lipinski definition) is 2. The van der Waals surface area contributed by atoms with Gasteiger partial charge in [-0.2, -0.15) is 0 Å². The molecule has 1 fully saturated rings. The van der Waals surface area contributed by atoms with Gasteiger partial charge in [-0.05, 0) is 31.9 Å². The molecule has 0 aliphatic heterocycles. The summed E-state index contributed by atoms with van der Waals surface area (Å²) in [6.45, 7) is 1.36. The zero-order valence-corrected chi connectivity index (χ0v) is 14.5. The van der Waals surface area contributed by atoms with Crippen LogP contribution in [-0.2, 0) is 14.3 Å². The molecule has 1 saturated carbocycles. The molecule has 0 spiro atoms. The van der Waals surface area contributed by atoms with Gasteiger partial charge in [-0.15, -0.1) is 11.3 Å². The second kappa shape index (κ2) is 8.25. The van der Waals surface area contributed by atoms with E-state index in [0.29, 0.717) is 9.21 Å². The Kier molecular flexibility index (Phi) is 6.33. The highest BCUT2D eigenvalue weighted by Crippen LogP contribution is 2.23. The highest BCUT2D eigenvalue weighted by Gasteiger charge is 2.26. The number of ketones is 1. The zero-order valence-electron chi connectivity index (χ0n) is 13.0. The summed E-state index contributed by atoms with van der Waals surface area (Å²) in [5.41, 5.74) is 0. The molecule has 2 N–H and O–H groups in total. The van der Waals surface area contributed by atoms with Crippen LogP contribution in [-0.4, -0.2) is 35.8 Å². The van der Waals surface area contributed by atoms with Crippen LogP contribution < -0.4 is 10.6 Å². The molecule has 1 heterocycles. The highest BCUT2D eigenvalue weighted by molar-refractivity contribution is 7.18. The van der Waals surface area contributed by atoms with Crippen LogP contribution in [0.1, 0.15) is 42.3 Å². The number of halogens is 1. The third kappa shape index (κ3) is 5.93. The highest BCUT2D eigenvalue weighted by atomic mass is 35.5. The Morgan fingerprint density at radius 1 is 1.29 bits per heavy atom. The fourth-order valence-electron chi connectivity index (χ4n) is 1.78. The molecule has 1 aromatic heterocycles. The summed E-state index contributed by atoms with van der Waals surface area (Å²) in [5.74, 6) is -1.61. The molecule has 3 amide bonds. The SMILES string of the molecule is CC(OC(=O)CCC(=O)c1ccc(Cl)s1)C(=O)NC(=O)NC1CC1. The van der Waals surface area contributed by atoms with Crippen LogP contribution in [0.3, 0.4) is 0 Å². The van der Waals surface area contributed by atoms with Crippen LogP contribution in [0, 0.1) is 0 Å². The molecule has 130 valence electrons. The lowest BCUT2D eigenvalue weighted by Gasteiger charge is -2.13. The maximum atomic E-state index is 11.8. The van der Waals surface area contributed by atoms with Gasteiger partial charge in [-0.25, -0.2) is 4.79 Å². The van der Waals surface area contributed by atoms with Gasteiger partial charge in [0.1, 0.15) is 0 Å². The zero-order chi connectivity index (χ0) is 17.7. The van der Waals surface area contributed by atoms with Gasteiger partial charge in [0.25, 0.3) is 5.91 Å². The minimum Gasteiger partial charge on any atom is -0.453 e. The van der Waals surface area contributed by atoms with Crippen molar-refractivity contribution in [1.82, 2.24) is 10.6 Å². The molecule has 7 nitrogen and oxygen atoms in total. The number of esters is 1. The first-order chi connectivity index (χ1) is 11.3. The number of thiophene rings is 1. The first-order valence-corrected chi connectivity index (χ1v) is 8.64. The number of carbonyl (C=O) groups is 4. The summed E-state index contributed by atoms with van der Waals surface area (Å²) in [7, 11) is 0. The molecule has 1 unspecified atom stereocenters. The molecule has 0 saturated heterocycles. The van der Waals surface area contributed by atoms with E-state index in [1.807, 2.05) is 0 Å². The molecule has 0 radical (unpaired) electrons. The molecule has 0 bridgehead atoms. The largest absolute Gasteiger partial charge is 0.453 e. The summed E-state index contributed by atoms with van der Waals surface area (Å²) >= 11 is 6.88. The van der Waals surface area contributed by atoms with Gasteiger partial charge in [0, 0.05) is 12.5 Å². The smallest absolute Gasteiger partial charge is 0.321 e. The molecule has 9 heteroatoms. The fourth-order valence-corrected chi connectivity index (χ4v) is 2.79. The minimum absolute atomic E-state index is 0.0355. The summed E-state index contributed by atoms with van der Waals surface area (Å²) in [6.07, 6.45) is 0.492. The van der Waals surface area contributed by atoms with Gasteiger partial charge >= 0.3 is 12.0 Å². The lowest BCUT2D eigenvalue weighted by molar-refractivity contribution is -0.154. The van der Waals surface area contributed by atoms with Crippen molar-refractivity contribution in [2.45, 2.75) is 44.8 Å². The molecule has 1 aliphatic carbocycles. The molecule has 1 aromatic rings. The Morgan fingerprint density at radius 3 is 2.58 bits per heavy atom. The van der Waals surface area contributed by atoms with Crippen LogP contribution >= 0.6 is 22.9 Å². The average Bonchev–Trinajstić information content (AvgIpc) is 3.22. The Hall–Kier alpha value is -1.93. The molecular weight excluding hydrogens is 356 g/mol. The second-order valence-electron chi connectivity index (χ2n) is 5.40. The van der Waals surface area contributed by atoms with E-state index in [1.54, 1.807) is 12.1 Å².